The predicted molar refractivity (Wildman–Crippen MR) is 103 cm³/mol. The minimum absolute atomic E-state index is 0.0924. The number of furan rings is 1. The zero-order valence-electron chi connectivity index (χ0n) is 15.3. The Morgan fingerprint density at radius 3 is 2.89 bits per heavy atom. The van der Waals surface area contributed by atoms with Crippen LogP contribution in [0, 0.1) is 6.92 Å². The Hall–Kier alpha value is -3.55. The van der Waals surface area contributed by atoms with Crippen molar-refractivity contribution in [1.82, 2.24) is 9.88 Å². The second-order valence-electron chi connectivity index (χ2n) is 6.70. The van der Waals surface area contributed by atoms with E-state index in [0.717, 1.165) is 17.7 Å². The standard InChI is InChI=1S/C20H20N4O4/c1-12-5-2-3-7-15(12)27-13-8-10-24(11-13)20(26)23-16-14-6-4-9-22-19(14)28-17(16)18(21)25/h2-7,9,13H,8,10-11H2,1H3,(H2,21,25)(H,23,26). The van der Waals surface area contributed by atoms with Crippen molar-refractivity contribution >= 4 is 28.7 Å². The number of anilines is 1. The number of hydrogen-bond acceptors (Lipinski definition) is 5. The van der Waals surface area contributed by atoms with E-state index in [1.54, 1.807) is 17.0 Å². The van der Waals surface area contributed by atoms with E-state index in [0.29, 0.717) is 18.5 Å². The lowest BCUT2D eigenvalue weighted by atomic mass is 10.2. The summed E-state index contributed by atoms with van der Waals surface area (Å²) in [7, 11) is 0. The van der Waals surface area contributed by atoms with Gasteiger partial charge in [-0.05, 0) is 30.7 Å². The van der Waals surface area contributed by atoms with Gasteiger partial charge in [0.1, 0.15) is 17.5 Å². The number of primary amides is 1. The molecule has 3 aromatic rings. The number of nitrogens with zero attached hydrogens (tertiary/aromatic N) is 2. The molecular formula is C20H20N4O4. The molecule has 4 rings (SSSR count). The quantitative estimate of drug-likeness (QED) is 0.723. The van der Waals surface area contributed by atoms with Crippen molar-refractivity contribution in [3.05, 3.63) is 53.9 Å². The highest BCUT2D eigenvalue weighted by Crippen LogP contribution is 2.30. The third-order valence-electron chi connectivity index (χ3n) is 4.74. The number of fused-ring (bicyclic) bond motifs is 1. The highest BCUT2D eigenvalue weighted by molar-refractivity contribution is 6.09. The Kier molecular flexibility index (Phi) is 4.60. The fraction of sp³-hybridized carbons (Fsp3) is 0.250. The molecule has 1 atom stereocenters. The molecule has 8 heteroatoms. The van der Waals surface area contributed by atoms with Crippen LogP contribution in [0.2, 0.25) is 0 Å². The predicted octanol–water partition coefficient (Wildman–Crippen LogP) is 2.92. The zero-order chi connectivity index (χ0) is 19.7. The van der Waals surface area contributed by atoms with Crippen molar-refractivity contribution in [1.29, 1.82) is 0 Å². The first kappa shape index (κ1) is 17.8. The number of amides is 3. The Labute approximate surface area is 161 Å². The third kappa shape index (κ3) is 3.36. The summed E-state index contributed by atoms with van der Waals surface area (Å²) < 4.78 is 11.4. The maximum Gasteiger partial charge on any atom is 0.322 e. The van der Waals surface area contributed by atoms with Gasteiger partial charge in [-0.3, -0.25) is 4.79 Å². The van der Waals surface area contributed by atoms with E-state index >= 15 is 0 Å². The van der Waals surface area contributed by atoms with Gasteiger partial charge in [0.05, 0.1) is 11.9 Å². The van der Waals surface area contributed by atoms with Gasteiger partial charge < -0.3 is 25.1 Å². The molecule has 28 heavy (non-hydrogen) atoms. The molecule has 0 spiro atoms. The first-order valence-electron chi connectivity index (χ1n) is 8.98. The van der Waals surface area contributed by atoms with E-state index in [9.17, 15) is 9.59 Å². The topological polar surface area (TPSA) is 111 Å². The molecule has 1 saturated heterocycles. The first-order valence-corrected chi connectivity index (χ1v) is 8.98. The van der Waals surface area contributed by atoms with E-state index in [1.807, 2.05) is 31.2 Å². The number of nitrogens with one attached hydrogen (secondary N) is 1. The van der Waals surface area contributed by atoms with Crippen molar-refractivity contribution in [3.63, 3.8) is 0 Å². The number of carbonyl (C=O) groups excluding carboxylic acids is 2. The number of likely N-dealkylation sites (tertiary alicyclic amines) is 1. The molecular weight excluding hydrogens is 360 g/mol. The fourth-order valence-electron chi connectivity index (χ4n) is 3.29. The summed E-state index contributed by atoms with van der Waals surface area (Å²) in [6.45, 7) is 2.97. The number of rotatable bonds is 4. The zero-order valence-corrected chi connectivity index (χ0v) is 15.3. The number of urea groups is 1. The molecule has 3 heterocycles. The van der Waals surface area contributed by atoms with Crippen LogP contribution in [-0.2, 0) is 0 Å². The second-order valence-corrected chi connectivity index (χ2v) is 6.70. The number of ether oxygens (including phenoxy) is 1. The Bertz CT molecular complexity index is 1050. The van der Waals surface area contributed by atoms with E-state index < -0.39 is 5.91 Å². The van der Waals surface area contributed by atoms with Crippen LogP contribution in [0.4, 0.5) is 10.5 Å². The van der Waals surface area contributed by atoms with Crippen molar-refractivity contribution in [2.24, 2.45) is 5.73 Å². The number of pyridine rings is 1. The monoisotopic (exact) mass is 380 g/mol. The van der Waals surface area contributed by atoms with E-state index in [1.165, 1.54) is 6.20 Å². The summed E-state index contributed by atoms with van der Waals surface area (Å²) in [5.41, 5.74) is 6.92. The largest absolute Gasteiger partial charge is 0.488 e. The summed E-state index contributed by atoms with van der Waals surface area (Å²) in [5, 5.41) is 3.27. The van der Waals surface area contributed by atoms with Crippen LogP contribution in [0.15, 0.2) is 47.0 Å². The van der Waals surface area contributed by atoms with Gasteiger partial charge in [0.15, 0.2) is 0 Å². The van der Waals surface area contributed by atoms with Gasteiger partial charge in [0, 0.05) is 19.2 Å². The molecule has 1 unspecified atom stereocenters. The first-order chi connectivity index (χ1) is 13.5. The van der Waals surface area contributed by atoms with Crippen molar-refractivity contribution < 1.29 is 18.7 Å². The molecule has 0 radical (unpaired) electrons. The average molecular weight is 380 g/mol. The van der Waals surface area contributed by atoms with Gasteiger partial charge in [0.2, 0.25) is 11.5 Å². The molecule has 1 aliphatic heterocycles. The second kappa shape index (κ2) is 7.22. The number of benzene rings is 1. The number of nitrogens with two attached hydrogens (primary N) is 1. The van der Waals surface area contributed by atoms with Crippen molar-refractivity contribution in [2.45, 2.75) is 19.4 Å². The summed E-state index contributed by atoms with van der Waals surface area (Å²) in [6.07, 6.45) is 2.17. The SMILES string of the molecule is Cc1ccccc1OC1CCN(C(=O)Nc2c(C(N)=O)oc3ncccc23)C1. The van der Waals surface area contributed by atoms with Crippen LogP contribution in [0.1, 0.15) is 22.5 Å². The van der Waals surface area contributed by atoms with Crippen LogP contribution in [0.3, 0.4) is 0 Å². The van der Waals surface area contributed by atoms with Gasteiger partial charge in [-0.25, -0.2) is 9.78 Å². The van der Waals surface area contributed by atoms with Gasteiger partial charge >= 0.3 is 6.03 Å². The molecule has 1 aromatic carbocycles. The molecule has 8 nitrogen and oxygen atoms in total. The maximum absolute atomic E-state index is 12.7. The van der Waals surface area contributed by atoms with Crippen LogP contribution < -0.4 is 15.8 Å². The summed E-state index contributed by atoms with van der Waals surface area (Å²) in [6, 6.07) is 10.8. The molecule has 3 amide bonds. The molecule has 1 aliphatic rings. The molecule has 3 N–H and O–H groups in total. The summed E-state index contributed by atoms with van der Waals surface area (Å²) in [4.78, 5) is 30.1. The molecule has 0 aliphatic carbocycles. The van der Waals surface area contributed by atoms with Crippen LogP contribution in [-0.4, -0.2) is 41.0 Å². The molecule has 144 valence electrons. The van der Waals surface area contributed by atoms with Crippen molar-refractivity contribution in [3.8, 4) is 5.75 Å². The molecule has 2 aromatic heterocycles. The Morgan fingerprint density at radius 2 is 2.11 bits per heavy atom. The Morgan fingerprint density at radius 1 is 1.29 bits per heavy atom. The van der Waals surface area contributed by atoms with Gasteiger partial charge in [-0.1, -0.05) is 18.2 Å². The van der Waals surface area contributed by atoms with Crippen LogP contribution in [0.25, 0.3) is 11.1 Å². The number of hydrogen-bond donors (Lipinski definition) is 2. The highest BCUT2D eigenvalue weighted by Gasteiger charge is 2.30. The smallest absolute Gasteiger partial charge is 0.322 e. The van der Waals surface area contributed by atoms with Crippen LogP contribution >= 0.6 is 0 Å². The van der Waals surface area contributed by atoms with Crippen molar-refractivity contribution in [2.75, 3.05) is 18.4 Å². The lowest BCUT2D eigenvalue weighted by Crippen LogP contribution is -2.35. The molecule has 0 saturated carbocycles. The maximum atomic E-state index is 12.7. The average Bonchev–Trinajstić information content (AvgIpc) is 3.29. The minimum atomic E-state index is -0.768. The normalized spacial score (nSPS) is 16.3. The lowest BCUT2D eigenvalue weighted by molar-refractivity contribution is 0.0977. The Balaban J connectivity index is 1.48. The van der Waals surface area contributed by atoms with E-state index in [4.69, 9.17) is 14.9 Å². The fourth-order valence-corrected chi connectivity index (χ4v) is 3.29. The highest BCUT2D eigenvalue weighted by atomic mass is 16.5. The summed E-state index contributed by atoms with van der Waals surface area (Å²) >= 11 is 0. The number of carbonyl (C=O) groups is 2. The molecule has 1 fully saturated rings. The number of aromatic nitrogens is 1. The van der Waals surface area contributed by atoms with Gasteiger partial charge in [0.25, 0.3) is 5.91 Å². The minimum Gasteiger partial charge on any atom is -0.488 e. The summed E-state index contributed by atoms with van der Waals surface area (Å²) in [5.74, 6) is -0.0675. The van der Waals surface area contributed by atoms with Crippen LogP contribution in [0.5, 0.6) is 5.75 Å². The van der Waals surface area contributed by atoms with Gasteiger partial charge in [-0.2, -0.15) is 0 Å². The lowest BCUT2D eigenvalue weighted by Gasteiger charge is -2.18. The van der Waals surface area contributed by atoms with E-state index in [-0.39, 0.29) is 29.3 Å². The van der Waals surface area contributed by atoms with E-state index in [2.05, 4.69) is 10.3 Å². The molecule has 0 bridgehead atoms. The number of aryl methyl sites for hydroxylation is 1. The number of para-hydroxylation sites is 1. The van der Waals surface area contributed by atoms with Gasteiger partial charge in [-0.15, -0.1) is 0 Å². The third-order valence-corrected chi connectivity index (χ3v) is 4.74.